The van der Waals surface area contributed by atoms with E-state index in [-0.39, 0.29) is 29.6 Å². The SMILES string of the molecule is CNC(=O)[C@H](C)NC(=O)[C@@H](NC(=O)C1(NC)CC1CCCN)C(C)C. The van der Waals surface area contributed by atoms with E-state index >= 15 is 0 Å². The third-order valence-electron chi connectivity index (χ3n) is 4.95. The van der Waals surface area contributed by atoms with E-state index in [0.717, 1.165) is 19.3 Å². The van der Waals surface area contributed by atoms with Gasteiger partial charge in [0, 0.05) is 7.05 Å². The summed E-state index contributed by atoms with van der Waals surface area (Å²) in [4.78, 5) is 36.8. The molecule has 3 amide bonds. The van der Waals surface area contributed by atoms with Gasteiger partial charge in [-0.1, -0.05) is 13.8 Å². The van der Waals surface area contributed by atoms with Crippen LogP contribution in [0.1, 0.15) is 40.0 Å². The Balaban J connectivity index is 2.72. The fourth-order valence-electron chi connectivity index (χ4n) is 3.13. The smallest absolute Gasteiger partial charge is 0.243 e. The van der Waals surface area contributed by atoms with Gasteiger partial charge in [-0.3, -0.25) is 14.4 Å². The molecule has 1 aliphatic rings. The molecule has 1 fully saturated rings. The lowest BCUT2D eigenvalue weighted by Gasteiger charge is -2.26. The van der Waals surface area contributed by atoms with Crippen molar-refractivity contribution >= 4 is 17.7 Å². The van der Waals surface area contributed by atoms with Gasteiger partial charge in [0.15, 0.2) is 0 Å². The van der Waals surface area contributed by atoms with Crippen LogP contribution in [0.15, 0.2) is 0 Å². The van der Waals surface area contributed by atoms with Crippen molar-refractivity contribution in [3.05, 3.63) is 0 Å². The van der Waals surface area contributed by atoms with Gasteiger partial charge in [0.2, 0.25) is 17.7 Å². The normalized spacial score (nSPS) is 24.4. The van der Waals surface area contributed by atoms with Crippen LogP contribution in [0.2, 0.25) is 0 Å². The molecule has 144 valence electrons. The van der Waals surface area contributed by atoms with E-state index in [2.05, 4.69) is 21.3 Å². The Morgan fingerprint density at radius 2 is 1.76 bits per heavy atom. The molecule has 0 spiro atoms. The summed E-state index contributed by atoms with van der Waals surface area (Å²) >= 11 is 0. The van der Waals surface area contributed by atoms with E-state index in [1.165, 1.54) is 7.05 Å². The molecule has 1 aliphatic carbocycles. The molecule has 8 heteroatoms. The van der Waals surface area contributed by atoms with Gasteiger partial charge < -0.3 is 27.0 Å². The number of carbonyl (C=O) groups is 3. The van der Waals surface area contributed by atoms with Crippen LogP contribution in [0.4, 0.5) is 0 Å². The van der Waals surface area contributed by atoms with Crippen molar-refractivity contribution in [2.45, 2.75) is 57.7 Å². The van der Waals surface area contributed by atoms with Gasteiger partial charge >= 0.3 is 0 Å². The molecule has 2 unspecified atom stereocenters. The summed E-state index contributed by atoms with van der Waals surface area (Å²) in [7, 11) is 3.28. The molecular formula is C17H33N5O3. The summed E-state index contributed by atoms with van der Waals surface area (Å²) in [6.45, 7) is 5.93. The van der Waals surface area contributed by atoms with Crippen LogP contribution in [0, 0.1) is 11.8 Å². The minimum Gasteiger partial charge on any atom is -0.357 e. The van der Waals surface area contributed by atoms with Crippen molar-refractivity contribution in [1.82, 2.24) is 21.3 Å². The zero-order valence-corrected chi connectivity index (χ0v) is 15.9. The van der Waals surface area contributed by atoms with Crippen LogP contribution >= 0.6 is 0 Å². The van der Waals surface area contributed by atoms with Gasteiger partial charge in [0.1, 0.15) is 17.6 Å². The molecule has 0 saturated heterocycles. The first-order valence-corrected chi connectivity index (χ1v) is 8.95. The Bertz CT molecular complexity index is 497. The van der Waals surface area contributed by atoms with Crippen LogP contribution < -0.4 is 27.0 Å². The summed E-state index contributed by atoms with van der Waals surface area (Å²) < 4.78 is 0. The lowest BCUT2D eigenvalue weighted by molar-refractivity contribution is -0.133. The van der Waals surface area contributed by atoms with Crippen molar-refractivity contribution in [2.24, 2.45) is 17.6 Å². The molecule has 25 heavy (non-hydrogen) atoms. The van der Waals surface area contributed by atoms with Crippen molar-refractivity contribution in [2.75, 3.05) is 20.6 Å². The molecule has 0 aromatic heterocycles. The van der Waals surface area contributed by atoms with Crippen molar-refractivity contribution < 1.29 is 14.4 Å². The standard InChI is InChI=1S/C17H33N5O3/c1-10(2)13(15(24)21-11(3)14(23)19-4)22-16(25)17(20-5)9-12(17)7-6-8-18/h10-13,20H,6-9,18H2,1-5H3,(H,19,23)(H,21,24)(H,22,25)/t11-,12?,13-,17?/m0/s1. The highest BCUT2D eigenvalue weighted by Gasteiger charge is 2.58. The average molecular weight is 355 g/mol. The number of likely N-dealkylation sites (N-methyl/N-ethyl adjacent to an activating group) is 2. The first-order chi connectivity index (χ1) is 11.7. The van der Waals surface area contributed by atoms with E-state index < -0.39 is 17.6 Å². The van der Waals surface area contributed by atoms with Gasteiger partial charge in [0.25, 0.3) is 0 Å². The molecule has 1 saturated carbocycles. The minimum absolute atomic E-state index is 0.101. The second-order valence-electron chi connectivity index (χ2n) is 7.09. The maximum absolute atomic E-state index is 12.8. The summed E-state index contributed by atoms with van der Waals surface area (Å²) in [6.07, 6.45) is 2.51. The highest BCUT2D eigenvalue weighted by Crippen LogP contribution is 2.46. The maximum Gasteiger partial charge on any atom is 0.243 e. The Hall–Kier alpha value is -1.67. The van der Waals surface area contributed by atoms with Gasteiger partial charge in [-0.25, -0.2) is 0 Å². The van der Waals surface area contributed by atoms with Crippen LogP contribution in [0.5, 0.6) is 0 Å². The number of hydrogen-bond donors (Lipinski definition) is 5. The minimum atomic E-state index is -0.694. The number of nitrogens with one attached hydrogen (secondary N) is 4. The van der Waals surface area contributed by atoms with Crippen molar-refractivity contribution in [3.63, 3.8) is 0 Å². The van der Waals surface area contributed by atoms with Crippen LogP contribution in [-0.2, 0) is 14.4 Å². The summed E-state index contributed by atoms with van der Waals surface area (Å²) in [5.74, 6) is -0.668. The fraction of sp³-hybridized carbons (Fsp3) is 0.824. The lowest BCUT2D eigenvalue weighted by Crippen LogP contribution is -2.58. The van der Waals surface area contributed by atoms with E-state index in [1.54, 1.807) is 14.0 Å². The third-order valence-corrected chi connectivity index (χ3v) is 4.95. The fourth-order valence-corrected chi connectivity index (χ4v) is 3.13. The van der Waals surface area contributed by atoms with Gasteiger partial charge in [0.05, 0.1) is 0 Å². The second kappa shape index (κ2) is 9.15. The zero-order chi connectivity index (χ0) is 19.2. The Kier molecular flexibility index (Phi) is 7.82. The highest BCUT2D eigenvalue weighted by molar-refractivity contribution is 5.96. The number of carbonyl (C=O) groups excluding carboxylic acids is 3. The molecule has 0 aromatic rings. The highest BCUT2D eigenvalue weighted by atomic mass is 16.2. The van der Waals surface area contributed by atoms with Gasteiger partial charge in [-0.05, 0) is 51.6 Å². The van der Waals surface area contributed by atoms with Crippen molar-refractivity contribution in [3.8, 4) is 0 Å². The van der Waals surface area contributed by atoms with E-state index in [1.807, 2.05) is 13.8 Å². The predicted octanol–water partition coefficient (Wildman–Crippen LogP) is -0.905. The molecule has 8 nitrogen and oxygen atoms in total. The van der Waals surface area contributed by atoms with Crippen LogP contribution in [0.25, 0.3) is 0 Å². The van der Waals surface area contributed by atoms with Gasteiger partial charge in [-0.2, -0.15) is 0 Å². The quantitative estimate of drug-likeness (QED) is 0.347. The van der Waals surface area contributed by atoms with Crippen LogP contribution in [-0.4, -0.2) is 56.0 Å². The number of hydrogen-bond acceptors (Lipinski definition) is 5. The summed E-state index contributed by atoms with van der Waals surface area (Å²) in [5.41, 5.74) is 4.93. The Labute approximate surface area is 150 Å². The number of nitrogens with two attached hydrogens (primary N) is 1. The maximum atomic E-state index is 12.8. The molecule has 0 aliphatic heterocycles. The molecular weight excluding hydrogens is 322 g/mol. The first kappa shape index (κ1) is 21.4. The third kappa shape index (κ3) is 5.15. The zero-order valence-electron chi connectivity index (χ0n) is 15.9. The Morgan fingerprint density at radius 3 is 2.24 bits per heavy atom. The summed E-state index contributed by atoms with van der Waals surface area (Å²) in [6, 6.07) is -1.35. The van der Waals surface area contributed by atoms with Gasteiger partial charge in [-0.15, -0.1) is 0 Å². The summed E-state index contributed by atoms with van der Waals surface area (Å²) in [5, 5.41) is 11.1. The predicted molar refractivity (Wildman–Crippen MR) is 96.6 cm³/mol. The van der Waals surface area contributed by atoms with E-state index in [0.29, 0.717) is 6.54 Å². The topological polar surface area (TPSA) is 125 Å². The molecule has 0 heterocycles. The number of amides is 3. The van der Waals surface area contributed by atoms with Crippen molar-refractivity contribution in [1.29, 1.82) is 0 Å². The average Bonchev–Trinajstić information content (AvgIpc) is 3.30. The first-order valence-electron chi connectivity index (χ1n) is 8.95. The monoisotopic (exact) mass is 355 g/mol. The molecule has 0 radical (unpaired) electrons. The molecule has 1 rings (SSSR count). The van der Waals surface area contributed by atoms with Crippen LogP contribution in [0.3, 0.4) is 0 Å². The van der Waals surface area contributed by atoms with E-state index in [4.69, 9.17) is 5.73 Å². The molecule has 6 N–H and O–H groups in total. The largest absolute Gasteiger partial charge is 0.357 e. The van der Waals surface area contributed by atoms with E-state index in [9.17, 15) is 14.4 Å². The molecule has 0 aromatic carbocycles. The molecule has 4 atom stereocenters. The Morgan fingerprint density at radius 1 is 1.12 bits per heavy atom. The second-order valence-corrected chi connectivity index (χ2v) is 7.09. The lowest BCUT2D eigenvalue weighted by atomic mass is 10.0. The molecule has 0 bridgehead atoms. The number of rotatable bonds is 10.